The minimum absolute atomic E-state index is 0.189. The predicted molar refractivity (Wildman–Crippen MR) is 101 cm³/mol. The summed E-state index contributed by atoms with van der Waals surface area (Å²) in [5.74, 6) is -0.308. The number of fused-ring (bicyclic) bond motifs is 1. The number of amides is 3. The standard InChI is InChI=1S/C17H22N4O2S2/c1-9-10(2)24-15-13(9)16(19-8-18-15)25-11(3)14(22)21-17(23)20-12-6-4-5-7-12/h8,11-12H,4-7H2,1-3H3,(H2,20,21,22,23)/t11-/m0/s1. The van der Waals surface area contributed by atoms with Gasteiger partial charge in [-0.05, 0) is 39.2 Å². The lowest BCUT2D eigenvalue weighted by Gasteiger charge is -2.15. The molecule has 2 N–H and O–H groups in total. The highest BCUT2D eigenvalue weighted by molar-refractivity contribution is 8.00. The van der Waals surface area contributed by atoms with Gasteiger partial charge in [0.1, 0.15) is 16.2 Å². The Labute approximate surface area is 155 Å². The Morgan fingerprint density at radius 1 is 1.28 bits per heavy atom. The van der Waals surface area contributed by atoms with Gasteiger partial charge in [-0.15, -0.1) is 11.3 Å². The monoisotopic (exact) mass is 378 g/mol. The highest BCUT2D eigenvalue weighted by Crippen LogP contribution is 2.35. The first-order valence-corrected chi connectivity index (χ1v) is 10.1. The van der Waals surface area contributed by atoms with Crippen molar-refractivity contribution in [2.75, 3.05) is 0 Å². The molecule has 0 radical (unpaired) electrons. The summed E-state index contributed by atoms with van der Waals surface area (Å²) in [6.45, 7) is 5.88. The van der Waals surface area contributed by atoms with Crippen molar-refractivity contribution >= 4 is 45.3 Å². The van der Waals surface area contributed by atoms with E-state index in [1.54, 1.807) is 18.3 Å². The summed E-state index contributed by atoms with van der Waals surface area (Å²) in [5.41, 5.74) is 1.15. The van der Waals surface area contributed by atoms with Crippen molar-refractivity contribution in [1.82, 2.24) is 20.6 Å². The number of thiophene rings is 1. The van der Waals surface area contributed by atoms with Crippen LogP contribution in [0.4, 0.5) is 4.79 Å². The summed E-state index contributed by atoms with van der Waals surface area (Å²) in [7, 11) is 0. The van der Waals surface area contributed by atoms with Crippen molar-refractivity contribution in [1.29, 1.82) is 0 Å². The van der Waals surface area contributed by atoms with Crippen LogP contribution in [-0.4, -0.2) is 33.2 Å². The zero-order chi connectivity index (χ0) is 18.0. The third kappa shape index (κ3) is 4.12. The number of imide groups is 1. The maximum absolute atomic E-state index is 12.3. The van der Waals surface area contributed by atoms with E-state index in [9.17, 15) is 9.59 Å². The molecule has 2 heterocycles. The van der Waals surface area contributed by atoms with Gasteiger partial charge in [0.15, 0.2) is 0 Å². The first-order chi connectivity index (χ1) is 12.0. The number of aryl methyl sites for hydroxylation is 2. The zero-order valence-electron chi connectivity index (χ0n) is 14.6. The molecular formula is C17H22N4O2S2. The molecular weight excluding hydrogens is 356 g/mol. The molecule has 0 saturated heterocycles. The highest BCUT2D eigenvalue weighted by Gasteiger charge is 2.22. The summed E-state index contributed by atoms with van der Waals surface area (Å²) in [6, 6.07) is -0.214. The van der Waals surface area contributed by atoms with Crippen LogP contribution in [0, 0.1) is 13.8 Å². The number of urea groups is 1. The molecule has 0 bridgehead atoms. The molecule has 6 nitrogen and oxygen atoms in total. The van der Waals surface area contributed by atoms with Crippen molar-refractivity contribution in [2.24, 2.45) is 0 Å². The normalized spacial score (nSPS) is 16.1. The summed E-state index contributed by atoms with van der Waals surface area (Å²) in [6.07, 6.45) is 5.77. The third-order valence-electron chi connectivity index (χ3n) is 4.52. The van der Waals surface area contributed by atoms with E-state index in [4.69, 9.17) is 0 Å². The number of rotatable bonds is 4. The van der Waals surface area contributed by atoms with Crippen LogP contribution < -0.4 is 10.6 Å². The van der Waals surface area contributed by atoms with Gasteiger partial charge in [0.05, 0.1) is 5.25 Å². The average Bonchev–Trinajstić information content (AvgIpc) is 3.16. The fourth-order valence-corrected chi connectivity index (χ4v) is 5.00. The van der Waals surface area contributed by atoms with Crippen molar-refractivity contribution in [3.8, 4) is 0 Å². The Kier molecular flexibility index (Phi) is 5.58. The lowest BCUT2D eigenvalue weighted by atomic mass is 10.2. The van der Waals surface area contributed by atoms with Gasteiger partial charge in [0, 0.05) is 16.3 Å². The molecule has 3 amide bonds. The number of nitrogens with one attached hydrogen (secondary N) is 2. The fourth-order valence-electron chi connectivity index (χ4n) is 2.97. The van der Waals surface area contributed by atoms with Crippen molar-refractivity contribution in [2.45, 2.75) is 62.8 Å². The van der Waals surface area contributed by atoms with Crippen LogP contribution in [0.5, 0.6) is 0 Å². The van der Waals surface area contributed by atoms with E-state index in [0.717, 1.165) is 46.5 Å². The smallest absolute Gasteiger partial charge is 0.321 e. The minimum atomic E-state index is -0.424. The lowest BCUT2D eigenvalue weighted by Crippen LogP contribution is -2.45. The predicted octanol–water partition coefficient (Wildman–Crippen LogP) is 3.56. The molecule has 3 rings (SSSR count). The molecule has 1 atom stereocenters. The summed E-state index contributed by atoms with van der Waals surface area (Å²) in [4.78, 5) is 35.1. The van der Waals surface area contributed by atoms with E-state index in [2.05, 4.69) is 27.5 Å². The van der Waals surface area contributed by atoms with Gasteiger partial charge in [-0.3, -0.25) is 10.1 Å². The second-order valence-electron chi connectivity index (χ2n) is 6.35. The maximum atomic E-state index is 12.3. The van der Waals surface area contributed by atoms with Crippen LogP contribution in [0.2, 0.25) is 0 Å². The number of hydrogen-bond acceptors (Lipinski definition) is 6. The van der Waals surface area contributed by atoms with Crippen LogP contribution in [0.15, 0.2) is 11.4 Å². The summed E-state index contributed by atoms with van der Waals surface area (Å²) < 4.78 is 0. The molecule has 2 aromatic rings. The van der Waals surface area contributed by atoms with Crippen LogP contribution in [0.1, 0.15) is 43.0 Å². The van der Waals surface area contributed by atoms with Crippen molar-refractivity contribution < 1.29 is 9.59 Å². The molecule has 8 heteroatoms. The third-order valence-corrected chi connectivity index (χ3v) is 6.73. The van der Waals surface area contributed by atoms with E-state index in [0.29, 0.717) is 0 Å². The number of thioether (sulfide) groups is 1. The zero-order valence-corrected chi connectivity index (χ0v) is 16.2. The lowest BCUT2D eigenvalue weighted by molar-refractivity contribution is -0.119. The second-order valence-corrected chi connectivity index (χ2v) is 8.88. The minimum Gasteiger partial charge on any atom is -0.335 e. The van der Waals surface area contributed by atoms with Gasteiger partial charge in [-0.25, -0.2) is 14.8 Å². The Morgan fingerprint density at radius 3 is 2.72 bits per heavy atom. The van der Waals surface area contributed by atoms with Crippen molar-refractivity contribution in [3.05, 3.63) is 16.8 Å². The number of hydrogen-bond donors (Lipinski definition) is 2. The molecule has 0 aliphatic heterocycles. The summed E-state index contributed by atoms with van der Waals surface area (Å²) in [5, 5.41) is 6.67. The van der Waals surface area contributed by atoms with Gasteiger partial charge in [0.2, 0.25) is 5.91 Å². The van der Waals surface area contributed by atoms with Gasteiger partial charge in [-0.1, -0.05) is 24.6 Å². The Bertz CT molecular complexity index is 799. The molecule has 25 heavy (non-hydrogen) atoms. The first kappa shape index (κ1) is 18.1. The Morgan fingerprint density at radius 2 is 2.00 bits per heavy atom. The first-order valence-electron chi connectivity index (χ1n) is 8.44. The SMILES string of the molecule is Cc1sc2ncnc(S[C@@H](C)C(=O)NC(=O)NC3CCCC3)c2c1C. The number of carbonyl (C=O) groups is 2. The molecule has 0 spiro atoms. The van der Waals surface area contributed by atoms with E-state index in [1.165, 1.54) is 23.0 Å². The molecule has 2 aromatic heterocycles. The molecule has 1 aliphatic rings. The van der Waals surface area contributed by atoms with Crippen LogP contribution >= 0.6 is 23.1 Å². The van der Waals surface area contributed by atoms with Gasteiger partial charge >= 0.3 is 6.03 Å². The summed E-state index contributed by atoms with van der Waals surface area (Å²) >= 11 is 2.98. The number of carbonyl (C=O) groups excluding carboxylic acids is 2. The molecule has 1 saturated carbocycles. The van der Waals surface area contributed by atoms with Crippen molar-refractivity contribution in [3.63, 3.8) is 0 Å². The highest BCUT2D eigenvalue weighted by atomic mass is 32.2. The Hall–Kier alpha value is -1.67. The topological polar surface area (TPSA) is 84.0 Å². The quantitative estimate of drug-likeness (QED) is 0.628. The molecule has 1 fully saturated rings. The van der Waals surface area contributed by atoms with E-state index >= 15 is 0 Å². The fraction of sp³-hybridized carbons (Fsp3) is 0.529. The van der Waals surface area contributed by atoms with Gasteiger partial charge < -0.3 is 5.32 Å². The van der Waals surface area contributed by atoms with Crippen LogP contribution in [0.3, 0.4) is 0 Å². The molecule has 0 aromatic carbocycles. The van der Waals surface area contributed by atoms with E-state index < -0.39 is 11.3 Å². The van der Waals surface area contributed by atoms with Gasteiger partial charge in [-0.2, -0.15) is 0 Å². The number of aromatic nitrogens is 2. The molecule has 1 aliphatic carbocycles. The van der Waals surface area contributed by atoms with Crippen LogP contribution in [-0.2, 0) is 4.79 Å². The van der Waals surface area contributed by atoms with E-state index in [1.807, 2.05) is 6.92 Å². The van der Waals surface area contributed by atoms with Crippen LogP contribution in [0.25, 0.3) is 10.2 Å². The Balaban J connectivity index is 1.64. The number of nitrogens with zero attached hydrogens (tertiary/aromatic N) is 2. The molecule has 134 valence electrons. The average molecular weight is 379 g/mol. The molecule has 0 unspecified atom stereocenters. The second kappa shape index (κ2) is 7.70. The van der Waals surface area contributed by atoms with E-state index in [-0.39, 0.29) is 11.9 Å². The maximum Gasteiger partial charge on any atom is 0.321 e. The van der Waals surface area contributed by atoms with Gasteiger partial charge in [0.25, 0.3) is 0 Å². The largest absolute Gasteiger partial charge is 0.335 e.